The molecule has 3 rings (SSSR count). The second kappa shape index (κ2) is 8.02. The number of sulfonamides is 1. The maximum absolute atomic E-state index is 13.2. The summed E-state index contributed by atoms with van der Waals surface area (Å²) in [7, 11) is -3.99. The van der Waals surface area contributed by atoms with Gasteiger partial charge in [-0.15, -0.1) is 0 Å². The van der Waals surface area contributed by atoms with E-state index >= 15 is 0 Å². The second-order valence-corrected chi connectivity index (χ2v) is 7.46. The molecule has 9 heteroatoms. The van der Waals surface area contributed by atoms with E-state index in [-0.39, 0.29) is 10.6 Å². The van der Waals surface area contributed by atoms with Gasteiger partial charge in [0, 0.05) is 18.8 Å². The molecule has 0 bridgehead atoms. The van der Waals surface area contributed by atoms with Crippen molar-refractivity contribution in [2.75, 3.05) is 10.0 Å². The molecule has 0 aliphatic rings. The molecule has 2 N–H and O–H groups in total. The van der Waals surface area contributed by atoms with Crippen molar-refractivity contribution in [1.82, 2.24) is 4.98 Å². The van der Waals surface area contributed by atoms with Gasteiger partial charge in [0.1, 0.15) is 10.7 Å². The van der Waals surface area contributed by atoms with E-state index in [9.17, 15) is 17.2 Å². The highest BCUT2D eigenvalue weighted by atomic mass is 32.2. The number of benzene rings is 2. The Morgan fingerprint density at radius 2 is 1.75 bits per heavy atom. The van der Waals surface area contributed by atoms with E-state index in [1.807, 2.05) is 6.07 Å². The first-order valence-electron chi connectivity index (χ1n) is 8.04. The van der Waals surface area contributed by atoms with Crippen LogP contribution in [0.25, 0.3) is 0 Å². The molecule has 0 unspecified atom stereocenters. The zero-order valence-corrected chi connectivity index (χ0v) is 15.2. The van der Waals surface area contributed by atoms with Crippen LogP contribution in [0.4, 0.5) is 20.3 Å². The Morgan fingerprint density at radius 3 is 2.36 bits per heavy atom. The quantitative estimate of drug-likeness (QED) is 0.659. The molecule has 142 valence electrons. The van der Waals surface area contributed by atoms with E-state index < -0.39 is 21.7 Å². The van der Waals surface area contributed by atoms with Crippen molar-refractivity contribution in [3.8, 4) is 6.07 Å². The van der Waals surface area contributed by atoms with Gasteiger partial charge in [0.25, 0.3) is 10.0 Å². The third-order valence-corrected chi connectivity index (χ3v) is 5.14. The van der Waals surface area contributed by atoms with Crippen molar-refractivity contribution >= 4 is 21.5 Å². The van der Waals surface area contributed by atoms with E-state index in [4.69, 9.17) is 5.26 Å². The van der Waals surface area contributed by atoms with Crippen LogP contribution in [-0.2, 0) is 16.6 Å². The van der Waals surface area contributed by atoms with Crippen LogP contribution in [0.2, 0.25) is 0 Å². The molecule has 0 aliphatic carbocycles. The lowest BCUT2D eigenvalue weighted by molar-refractivity contribution is 0.509. The average Bonchev–Trinajstić information content (AvgIpc) is 2.70. The molecule has 0 saturated carbocycles. The molecule has 0 amide bonds. The van der Waals surface area contributed by atoms with Crippen LogP contribution in [0, 0.1) is 23.0 Å². The van der Waals surface area contributed by atoms with Crippen molar-refractivity contribution in [3.63, 3.8) is 0 Å². The first kappa shape index (κ1) is 19.3. The van der Waals surface area contributed by atoms with E-state index in [0.29, 0.717) is 17.9 Å². The Balaban J connectivity index is 1.66. The second-order valence-electron chi connectivity index (χ2n) is 5.78. The van der Waals surface area contributed by atoms with Gasteiger partial charge in [0.15, 0.2) is 11.6 Å². The number of aromatic nitrogens is 1. The van der Waals surface area contributed by atoms with Gasteiger partial charge in [-0.3, -0.25) is 4.72 Å². The summed E-state index contributed by atoms with van der Waals surface area (Å²) in [5.74, 6) is -1.76. The maximum Gasteiger partial charge on any atom is 0.263 e. The summed E-state index contributed by atoms with van der Waals surface area (Å²) in [5.41, 5.74) is 1.39. The number of hydrogen-bond acceptors (Lipinski definition) is 5. The summed E-state index contributed by atoms with van der Waals surface area (Å²) in [6.07, 6.45) is 1.16. The first-order valence-corrected chi connectivity index (χ1v) is 9.52. The molecule has 0 atom stereocenters. The summed E-state index contributed by atoms with van der Waals surface area (Å²) in [4.78, 5) is 3.93. The predicted molar refractivity (Wildman–Crippen MR) is 99.9 cm³/mol. The molecular weight excluding hydrogens is 386 g/mol. The van der Waals surface area contributed by atoms with Crippen molar-refractivity contribution in [1.29, 1.82) is 5.26 Å². The fourth-order valence-electron chi connectivity index (χ4n) is 2.31. The standard InChI is InChI=1S/C19H14F2N4O2S/c20-17-7-5-15(9-18(17)21)25-28(26,27)16-6-8-19(24-12-16)23-11-14-3-1-13(10-22)2-4-14/h1-9,12,25H,11H2,(H,23,24). The van der Waals surface area contributed by atoms with Crippen LogP contribution >= 0.6 is 0 Å². The van der Waals surface area contributed by atoms with Gasteiger partial charge < -0.3 is 5.32 Å². The highest BCUT2D eigenvalue weighted by Crippen LogP contribution is 2.19. The molecule has 0 radical (unpaired) electrons. The molecule has 6 nitrogen and oxygen atoms in total. The normalized spacial score (nSPS) is 10.9. The number of nitrogens with zero attached hydrogens (tertiary/aromatic N) is 2. The fourth-order valence-corrected chi connectivity index (χ4v) is 3.30. The Bertz CT molecular complexity index is 1130. The highest BCUT2D eigenvalue weighted by molar-refractivity contribution is 7.92. The number of anilines is 2. The largest absolute Gasteiger partial charge is 0.366 e. The number of nitriles is 1. The number of hydrogen-bond donors (Lipinski definition) is 2. The van der Waals surface area contributed by atoms with Gasteiger partial charge in [-0.25, -0.2) is 22.2 Å². The number of rotatable bonds is 6. The monoisotopic (exact) mass is 400 g/mol. The Morgan fingerprint density at radius 1 is 1.00 bits per heavy atom. The van der Waals surface area contributed by atoms with Crippen LogP contribution in [0.15, 0.2) is 65.7 Å². The van der Waals surface area contributed by atoms with E-state index in [1.54, 1.807) is 24.3 Å². The molecule has 1 heterocycles. The molecule has 28 heavy (non-hydrogen) atoms. The van der Waals surface area contributed by atoms with Crippen LogP contribution in [0.1, 0.15) is 11.1 Å². The topological polar surface area (TPSA) is 94.9 Å². The highest BCUT2D eigenvalue weighted by Gasteiger charge is 2.16. The molecular formula is C19H14F2N4O2S. The van der Waals surface area contributed by atoms with Crippen molar-refractivity contribution in [3.05, 3.63) is 83.6 Å². The first-order chi connectivity index (χ1) is 13.4. The number of halogens is 2. The molecule has 0 saturated heterocycles. The zero-order chi connectivity index (χ0) is 20.1. The number of pyridine rings is 1. The van der Waals surface area contributed by atoms with Gasteiger partial charge in [0.2, 0.25) is 0 Å². The zero-order valence-electron chi connectivity index (χ0n) is 14.4. The lowest BCUT2D eigenvalue weighted by atomic mass is 10.1. The van der Waals surface area contributed by atoms with E-state index in [0.717, 1.165) is 30.0 Å². The Labute approximate surface area is 160 Å². The minimum Gasteiger partial charge on any atom is -0.366 e. The molecule has 0 aliphatic heterocycles. The smallest absolute Gasteiger partial charge is 0.263 e. The maximum atomic E-state index is 13.2. The van der Waals surface area contributed by atoms with Gasteiger partial charge >= 0.3 is 0 Å². The summed E-state index contributed by atoms with van der Waals surface area (Å²) in [6, 6.07) is 14.6. The summed E-state index contributed by atoms with van der Waals surface area (Å²) in [6.45, 7) is 0.442. The Hall–Kier alpha value is -3.51. The van der Waals surface area contributed by atoms with Gasteiger partial charge in [0.05, 0.1) is 17.3 Å². The van der Waals surface area contributed by atoms with Gasteiger partial charge in [-0.1, -0.05) is 12.1 Å². The Kier molecular flexibility index (Phi) is 5.52. The van der Waals surface area contributed by atoms with Crippen LogP contribution < -0.4 is 10.0 Å². The van der Waals surface area contributed by atoms with E-state index in [2.05, 4.69) is 15.0 Å². The predicted octanol–water partition coefficient (Wildman–Crippen LogP) is 3.64. The minimum absolute atomic E-state index is 0.0954. The van der Waals surface area contributed by atoms with Crippen LogP contribution in [0.5, 0.6) is 0 Å². The molecule has 3 aromatic rings. The lowest BCUT2D eigenvalue weighted by Crippen LogP contribution is -2.13. The van der Waals surface area contributed by atoms with Crippen LogP contribution in [-0.4, -0.2) is 13.4 Å². The summed E-state index contributed by atoms with van der Waals surface area (Å²) < 4.78 is 53.0. The van der Waals surface area contributed by atoms with Crippen molar-refractivity contribution in [2.45, 2.75) is 11.4 Å². The van der Waals surface area contributed by atoms with Gasteiger partial charge in [-0.2, -0.15) is 5.26 Å². The van der Waals surface area contributed by atoms with Crippen LogP contribution in [0.3, 0.4) is 0 Å². The minimum atomic E-state index is -3.99. The summed E-state index contributed by atoms with van der Waals surface area (Å²) in [5, 5.41) is 11.8. The van der Waals surface area contributed by atoms with Crippen molar-refractivity contribution in [2.24, 2.45) is 0 Å². The lowest BCUT2D eigenvalue weighted by Gasteiger charge is -2.10. The third-order valence-electron chi connectivity index (χ3n) is 3.78. The van der Waals surface area contributed by atoms with Crippen molar-refractivity contribution < 1.29 is 17.2 Å². The molecule has 1 aromatic heterocycles. The fraction of sp³-hybridized carbons (Fsp3) is 0.0526. The average molecular weight is 400 g/mol. The summed E-state index contributed by atoms with van der Waals surface area (Å²) >= 11 is 0. The van der Waals surface area contributed by atoms with Gasteiger partial charge in [-0.05, 0) is 42.0 Å². The molecule has 0 fully saturated rings. The van der Waals surface area contributed by atoms with E-state index in [1.165, 1.54) is 12.1 Å². The molecule has 2 aromatic carbocycles. The number of nitrogens with one attached hydrogen (secondary N) is 2. The SMILES string of the molecule is N#Cc1ccc(CNc2ccc(S(=O)(=O)Nc3ccc(F)c(F)c3)cn2)cc1. The molecule has 0 spiro atoms. The third kappa shape index (κ3) is 4.61.